The summed E-state index contributed by atoms with van der Waals surface area (Å²) >= 11 is 0. The molecule has 0 unspecified atom stereocenters. The summed E-state index contributed by atoms with van der Waals surface area (Å²) in [5, 5.41) is 2.11. The number of furan rings is 1. The summed E-state index contributed by atoms with van der Waals surface area (Å²) in [4.78, 5) is 13.1. The van der Waals surface area contributed by atoms with Gasteiger partial charge in [-0.05, 0) is 24.3 Å². The van der Waals surface area contributed by atoms with E-state index in [0.717, 1.165) is 38.8 Å². The van der Waals surface area contributed by atoms with E-state index >= 15 is 0 Å². The Hall–Kier alpha value is -3.73. The fourth-order valence-electron chi connectivity index (χ4n) is 3.19. The number of nitrogens with two attached hydrogens (primary N) is 1. The second-order valence-corrected chi connectivity index (χ2v) is 6.01. The van der Waals surface area contributed by atoms with Crippen LogP contribution in [0.25, 0.3) is 44.5 Å². The van der Waals surface area contributed by atoms with E-state index in [2.05, 4.69) is 9.97 Å². The van der Waals surface area contributed by atoms with Gasteiger partial charge in [-0.3, -0.25) is 4.98 Å². The molecule has 124 valence electrons. The SMILES string of the molecule is Nc1ncc(-c2ccncc2)nc1-c1cccc2c1oc1ccccc12. The van der Waals surface area contributed by atoms with Crippen molar-refractivity contribution in [2.75, 3.05) is 5.73 Å². The quantitative estimate of drug-likeness (QED) is 0.505. The number of hydrogen-bond acceptors (Lipinski definition) is 5. The molecule has 0 spiro atoms. The Morgan fingerprint density at radius 1 is 0.846 bits per heavy atom. The zero-order valence-corrected chi connectivity index (χ0v) is 13.8. The highest BCUT2D eigenvalue weighted by Gasteiger charge is 2.16. The molecule has 3 aromatic heterocycles. The van der Waals surface area contributed by atoms with Crippen LogP contribution in [0, 0.1) is 0 Å². The molecule has 0 atom stereocenters. The number of anilines is 1. The molecule has 0 bridgehead atoms. The zero-order chi connectivity index (χ0) is 17.5. The van der Waals surface area contributed by atoms with Crippen LogP contribution in [-0.2, 0) is 0 Å². The summed E-state index contributed by atoms with van der Waals surface area (Å²) in [7, 11) is 0. The van der Waals surface area contributed by atoms with Gasteiger partial charge in [-0.2, -0.15) is 0 Å². The van der Waals surface area contributed by atoms with E-state index in [4.69, 9.17) is 15.1 Å². The molecule has 0 radical (unpaired) electrons. The van der Waals surface area contributed by atoms with Gasteiger partial charge in [-0.15, -0.1) is 0 Å². The minimum Gasteiger partial charge on any atom is -0.455 e. The first-order valence-electron chi connectivity index (χ1n) is 8.25. The predicted molar refractivity (Wildman–Crippen MR) is 102 cm³/mol. The lowest BCUT2D eigenvalue weighted by Crippen LogP contribution is -1.99. The molecule has 2 aromatic carbocycles. The molecule has 5 heteroatoms. The number of rotatable bonds is 2. The first-order chi connectivity index (χ1) is 12.8. The fraction of sp³-hybridized carbons (Fsp3) is 0. The molecule has 0 fully saturated rings. The molecule has 0 saturated heterocycles. The number of para-hydroxylation sites is 2. The minimum absolute atomic E-state index is 0.371. The Morgan fingerprint density at radius 3 is 2.54 bits per heavy atom. The Labute approximate surface area is 149 Å². The van der Waals surface area contributed by atoms with E-state index in [0.29, 0.717) is 11.5 Å². The van der Waals surface area contributed by atoms with E-state index < -0.39 is 0 Å². The van der Waals surface area contributed by atoms with Crippen LogP contribution in [0.4, 0.5) is 5.82 Å². The smallest absolute Gasteiger partial charge is 0.150 e. The van der Waals surface area contributed by atoms with Crippen molar-refractivity contribution in [3.8, 4) is 22.5 Å². The van der Waals surface area contributed by atoms with Gasteiger partial charge in [0.25, 0.3) is 0 Å². The summed E-state index contributed by atoms with van der Waals surface area (Å²) in [6, 6.07) is 17.7. The van der Waals surface area contributed by atoms with Crippen LogP contribution >= 0.6 is 0 Å². The number of nitrogen functional groups attached to an aromatic ring is 1. The maximum absolute atomic E-state index is 6.16. The number of pyridine rings is 1. The van der Waals surface area contributed by atoms with Gasteiger partial charge in [0.1, 0.15) is 22.7 Å². The minimum atomic E-state index is 0.371. The van der Waals surface area contributed by atoms with Crippen molar-refractivity contribution in [1.29, 1.82) is 0 Å². The lowest BCUT2D eigenvalue weighted by Gasteiger charge is -2.08. The van der Waals surface area contributed by atoms with Gasteiger partial charge in [0.05, 0.1) is 11.9 Å². The van der Waals surface area contributed by atoms with Crippen LogP contribution in [0.1, 0.15) is 0 Å². The predicted octanol–water partition coefficient (Wildman–Crippen LogP) is 4.69. The van der Waals surface area contributed by atoms with Crippen LogP contribution in [0.3, 0.4) is 0 Å². The lowest BCUT2D eigenvalue weighted by molar-refractivity contribution is 0.670. The van der Waals surface area contributed by atoms with Crippen molar-refractivity contribution < 1.29 is 4.42 Å². The van der Waals surface area contributed by atoms with Crippen LogP contribution in [0.2, 0.25) is 0 Å². The summed E-state index contributed by atoms with van der Waals surface area (Å²) in [5.74, 6) is 0.371. The van der Waals surface area contributed by atoms with Crippen LogP contribution in [-0.4, -0.2) is 15.0 Å². The molecule has 2 N–H and O–H groups in total. The molecule has 5 nitrogen and oxygen atoms in total. The standard InChI is InChI=1S/C21H14N4O/c22-21-19(25-17(12-24-21)13-8-10-23-11-9-13)16-6-3-5-15-14-4-1-2-7-18(14)26-20(15)16/h1-12H,(H2,22,24). The number of hydrogen-bond donors (Lipinski definition) is 1. The Balaban J connectivity index is 1.78. The van der Waals surface area contributed by atoms with Gasteiger partial charge in [0, 0.05) is 34.3 Å². The van der Waals surface area contributed by atoms with E-state index in [9.17, 15) is 0 Å². The van der Waals surface area contributed by atoms with E-state index in [1.807, 2.05) is 54.6 Å². The maximum Gasteiger partial charge on any atom is 0.150 e. The lowest BCUT2D eigenvalue weighted by atomic mass is 10.1. The highest BCUT2D eigenvalue weighted by Crippen LogP contribution is 2.36. The van der Waals surface area contributed by atoms with Gasteiger partial charge >= 0.3 is 0 Å². The van der Waals surface area contributed by atoms with Crippen molar-refractivity contribution in [3.05, 3.63) is 73.2 Å². The first kappa shape index (κ1) is 14.6. The van der Waals surface area contributed by atoms with Gasteiger partial charge in [0.15, 0.2) is 0 Å². The second kappa shape index (κ2) is 5.67. The maximum atomic E-state index is 6.16. The third kappa shape index (κ3) is 2.22. The molecule has 0 aliphatic carbocycles. The van der Waals surface area contributed by atoms with Crippen molar-refractivity contribution >= 4 is 27.8 Å². The Kier molecular flexibility index (Phi) is 3.18. The normalized spacial score (nSPS) is 11.2. The fourth-order valence-corrected chi connectivity index (χ4v) is 3.19. The van der Waals surface area contributed by atoms with Gasteiger partial charge < -0.3 is 10.2 Å². The van der Waals surface area contributed by atoms with Gasteiger partial charge in [0.2, 0.25) is 0 Å². The topological polar surface area (TPSA) is 77.8 Å². The summed E-state index contributed by atoms with van der Waals surface area (Å²) in [6.45, 7) is 0. The third-order valence-corrected chi connectivity index (χ3v) is 4.44. The van der Waals surface area contributed by atoms with Crippen molar-refractivity contribution in [3.63, 3.8) is 0 Å². The summed E-state index contributed by atoms with van der Waals surface area (Å²) < 4.78 is 6.11. The van der Waals surface area contributed by atoms with E-state index in [1.165, 1.54) is 0 Å². The molecule has 5 rings (SSSR count). The van der Waals surface area contributed by atoms with Crippen molar-refractivity contribution in [1.82, 2.24) is 15.0 Å². The van der Waals surface area contributed by atoms with Crippen molar-refractivity contribution in [2.24, 2.45) is 0 Å². The molecule has 0 aliphatic rings. The first-order valence-corrected chi connectivity index (χ1v) is 8.25. The molecule has 0 amide bonds. The van der Waals surface area contributed by atoms with Crippen LogP contribution < -0.4 is 5.73 Å². The Bertz CT molecular complexity index is 1250. The van der Waals surface area contributed by atoms with Gasteiger partial charge in [-0.1, -0.05) is 30.3 Å². The molecule has 3 heterocycles. The van der Waals surface area contributed by atoms with E-state index in [1.54, 1.807) is 18.6 Å². The van der Waals surface area contributed by atoms with Crippen LogP contribution in [0.5, 0.6) is 0 Å². The van der Waals surface area contributed by atoms with Gasteiger partial charge in [-0.25, -0.2) is 9.97 Å². The molecule has 5 aromatic rings. The number of aromatic nitrogens is 3. The zero-order valence-electron chi connectivity index (χ0n) is 13.8. The second-order valence-electron chi connectivity index (χ2n) is 6.01. The average molecular weight is 338 g/mol. The molecular weight excluding hydrogens is 324 g/mol. The molecular formula is C21H14N4O. The van der Waals surface area contributed by atoms with Crippen LogP contribution in [0.15, 0.2) is 77.6 Å². The number of fused-ring (bicyclic) bond motifs is 3. The average Bonchev–Trinajstić information content (AvgIpc) is 3.08. The summed E-state index contributed by atoms with van der Waals surface area (Å²) in [5.41, 5.74) is 10.9. The number of benzene rings is 2. The summed E-state index contributed by atoms with van der Waals surface area (Å²) in [6.07, 6.45) is 5.13. The third-order valence-electron chi connectivity index (χ3n) is 4.44. The molecule has 26 heavy (non-hydrogen) atoms. The number of nitrogens with zero attached hydrogens (tertiary/aromatic N) is 3. The highest BCUT2D eigenvalue weighted by atomic mass is 16.3. The molecule has 0 aliphatic heterocycles. The monoisotopic (exact) mass is 338 g/mol. The highest BCUT2D eigenvalue weighted by molar-refractivity contribution is 6.09. The van der Waals surface area contributed by atoms with Crippen molar-refractivity contribution in [2.45, 2.75) is 0 Å². The Morgan fingerprint density at radius 2 is 1.65 bits per heavy atom. The largest absolute Gasteiger partial charge is 0.455 e. The van der Waals surface area contributed by atoms with E-state index in [-0.39, 0.29) is 0 Å². The molecule has 0 saturated carbocycles.